The molecule has 0 spiro atoms. The minimum Gasteiger partial charge on any atom is -0.396 e. The van der Waals surface area contributed by atoms with E-state index in [9.17, 15) is 0 Å². The lowest BCUT2D eigenvalue weighted by atomic mass is 10.3. The highest BCUT2D eigenvalue weighted by atomic mass is 35.5. The van der Waals surface area contributed by atoms with E-state index in [2.05, 4.69) is 5.10 Å². The number of aliphatic hydroxyl groups is 1. The van der Waals surface area contributed by atoms with Crippen LogP contribution < -0.4 is 0 Å². The third-order valence-electron chi connectivity index (χ3n) is 1.75. The van der Waals surface area contributed by atoms with Crippen LogP contribution >= 0.6 is 11.6 Å². The van der Waals surface area contributed by atoms with E-state index in [1.807, 2.05) is 0 Å². The van der Waals surface area contributed by atoms with E-state index in [1.165, 1.54) is 0 Å². The van der Waals surface area contributed by atoms with Crippen LogP contribution in [0.5, 0.6) is 0 Å². The van der Waals surface area contributed by atoms with Crippen LogP contribution in [0.1, 0.15) is 5.69 Å². The van der Waals surface area contributed by atoms with E-state index in [0.717, 1.165) is 5.69 Å². The van der Waals surface area contributed by atoms with Gasteiger partial charge in [-0.3, -0.25) is 4.68 Å². The average Bonchev–Trinajstić information content (AvgIpc) is 2.46. The molecule has 13 heavy (non-hydrogen) atoms. The van der Waals surface area contributed by atoms with Crippen molar-refractivity contribution in [2.24, 2.45) is 0 Å². The topological polar surface area (TPSA) is 47.3 Å². The van der Waals surface area contributed by atoms with Crippen molar-refractivity contribution in [3.8, 4) is 0 Å². The molecule has 0 unspecified atom stereocenters. The van der Waals surface area contributed by atoms with Crippen molar-refractivity contribution >= 4 is 11.6 Å². The number of methoxy groups -OCH3 is 1. The number of hydrogen-bond donors (Lipinski definition) is 1. The molecule has 1 rings (SSSR count). The first-order valence-corrected chi connectivity index (χ1v) is 4.47. The summed E-state index contributed by atoms with van der Waals surface area (Å²) in [4.78, 5) is 0. The van der Waals surface area contributed by atoms with Crippen molar-refractivity contribution in [2.75, 3.05) is 20.3 Å². The molecular formula is C8H13ClN2O2. The van der Waals surface area contributed by atoms with Crippen LogP contribution in [-0.2, 0) is 17.7 Å². The van der Waals surface area contributed by atoms with Gasteiger partial charge in [0.2, 0.25) is 0 Å². The first kappa shape index (κ1) is 10.5. The zero-order valence-corrected chi connectivity index (χ0v) is 8.29. The summed E-state index contributed by atoms with van der Waals surface area (Å²) >= 11 is 5.87. The predicted molar refractivity (Wildman–Crippen MR) is 49.9 cm³/mol. The second kappa shape index (κ2) is 5.21. The number of rotatable bonds is 5. The van der Waals surface area contributed by atoms with Gasteiger partial charge in [0.15, 0.2) is 0 Å². The molecule has 0 saturated carbocycles. The van der Waals surface area contributed by atoms with Gasteiger partial charge in [0, 0.05) is 20.1 Å². The van der Waals surface area contributed by atoms with E-state index in [0.29, 0.717) is 24.6 Å². The Morgan fingerprint density at radius 3 is 3.08 bits per heavy atom. The van der Waals surface area contributed by atoms with Crippen molar-refractivity contribution in [1.82, 2.24) is 9.78 Å². The van der Waals surface area contributed by atoms with Crippen molar-refractivity contribution in [2.45, 2.75) is 13.0 Å². The van der Waals surface area contributed by atoms with Gasteiger partial charge < -0.3 is 9.84 Å². The van der Waals surface area contributed by atoms with E-state index in [1.54, 1.807) is 18.0 Å². The number of aliphatic hydroxyl groups excluding tert-OH is 1. The lowest BCUT2D eigenvalue weighted by molar-refractivity contribution is 0.182. The molecule has 1 aromatic rings. The highest BCUT2D eigenvalue weighted by Crippen LogP contribution is 2.15. The Morgan fingerprint density at radius 1 is 1.69 bits per heavy atom. The minimum atomic E-state index is 0.0817. The molecule has 0 fully saturated rings. The van der Waals surface area contributed by atoms with Crippen LogP contribution in [-0.4, -0.2) is 35.2 Å². The molecule has 1 N–H and O–H groups in total. The Balaban J connectivity index is 2.68. The molecular weight excluding hydrogens is 192 g/mol. The van der Waals surface area contributed by atoms with E-state index in [4.69, 9.17) is 21.4 Å². The van der Waals surface area contributed by atoms with Crippen molar-refractivity contribution in [3.05, 3.63) is 16.9 Å². The maximum atomic E-state index is 8.78. The normalized spacial score (nSPS) is 10.7. The van der Waals surface area contributed by atoms with Crippen LogP contribution in [0, 0.1) is 0 Å². The number of ether oxygens (including phenoxy) is 1. The third kappa shape index (κ3) is 2.69. The molecule has 1 heterocycles. The monoisotopic (exact) mass is 204 g/mol. The summed E-state index contributed by atoms with van der Waals surface area (Å²) in [6.45, 7) is 1.34. The Bertz CT molecular complexity index is 263. The molecule has 0 amide bonds. The van der Waals surface area contributed by atoms with Gasteiger partial charge in [-0.05, 0) is 0 Å². The Labute approximate surface area is 82.1 Å². The summed E-state index contributed by atoms with van der Waals surface area (Å²) in [6, 6.07) is 0. The molecule has 5 heteroatoms. The predicted octanol–water partition coefficient (Wildman–Crippen LogP) is 0.718. The first-order valence-electron chi connectivity index (χ1n) is 4.09. The largest absolute Gasteiger partial charge is 0.396 e. The molecule has 0 aliphatic carbocycles. The lowest BCUT2D eigenvalue weighted by Gasteiger charge is -2.05. The standard InChI is InChI=1S/C8H13ClN2O2/c1-13-5-3-11-8(2-4-12)7(9)6-10-11/h6,12H,2-5H2,1H3. The summed E-state index contributed by atoms with van der Waals surface area (Å²) in [6.07, 6.45) is 2.12. The Hall–Kier alpha value is -0.580. The maximum absolute atomic E-state index is 8.78. The number of nitrogens with zero attached hydrogens (tertiary/aromatic N) is 2. The maximum Gasteiger partial charge on any atom is 0.0818 e. The van der Waals surface area contributed by atoms with Crippen molar-refractivity contribution < 1.29 is 9.84 Å². The minimum absolute atomic E-state index is 0.0817. The number of halogens is 1. The van der Waals surface area contributed by atoms with Crippen molar-refractivity contribution in [1.29, 1.82) is 0 Å². The zero-order valence-electron chi connectivity index (χ0n) is 7.53. The quantitative estimate of drug-likeness (QED) is 0.769. The summed E-state index contributed by atoms with van der Waals surface area (Å²) in [7, 11) is 1.64. The van der Waals surface area contributed by atoms with Gasteiger partial charge in [0.25, 0.3) is 0 Å². The molecule has 0 radical (unpaired) electrons. The Morgan fingerprint density at radius 2 is 2.46 bits per heavy atom. The summed E-state index contributed by atoms with van der Waals surface area (Å²) in [5, 5.41) is 13.4. The summed E-state index contributed by atoms with van der Waals surface area (Å²) in [5.74, 6) is 0. The molecule has 0 aliphatic heterocycles. The fraction of sp³-hybridized carbons (Fsp3) is 0.625. The summed E-state index contributed by atoms with van der Waals surface area (Å²) in [5.41, 5.74) is 0.862. The van der Waals surface area contributed by atoms with Gasteiger partial charge in [0.1, 0.15) is 0 Å². The van der Waals surface area contributed by atoms with Crippen LogP contribution in [0.4, 0.5) is 0 Å². The van der Waals surface area contributed by atoms with Crippen LogP contribution in [0.2, 0.25) is 5.02 Å². The molecule has 0 aromatic carbocycles. The van der Waals surface area contributed by atoms with Crippen molar-refractivity contribution in [3.63, 3.8) is 0 Å². The zero-order chi connectivity index (χ0) is 9.68. The lowest BCUT2D eigenvalue weighted by Crippen LogP contribution is -2.10. The van der Waals surface area contributed by atoms with Gasteiger partial charge in [-0.25, -0.2) is 0 Å². The SMILES string of the molecule is COCCn1ncc(Cl)c1CCO. The second-order valence-electron chi connectivity index (χ2n) is 2.63. The van der Waals surface area contributed by atoms with Gasteiger partial charge in [0.05, 0.1) is 30.1 Å². The van der Waals surface area contributed by atoms with E-state index >= 15 is 0 Å². The Kier molecular flexibility index (Phi) is 4.21. The smallest absolute Gasteiger partial charge is 0.0818 e. The molecule has 4 nitrogen and oxygen atoms in total. The molecule has 74 valence electrons. The molecule has 0 saturated heterocycles. The summed E-state index contributed by atoms with van der Waals surface area (Å²) < 4.78 is 6.67. The molecule has 1 aromatic heterocycles. The fourth-order valence-corrected chi connectivity index (χ4v) is 1.35. The highest BCUT2D eigenvalue weighted by molar-refractivity contribution is 6.31. The van der Waals surface area contributed by atoms with Gasteiger partial charge in [-0.1, -0.05) is 11.6 Å². The van der Waals surface area contributed by atoms with Crippen LogP contribution in [0.15, 0.2) is 6.20 Å². The van der Waals surface area contributed by atoms with Gasteiger partial charge >= 0.3 is 0 Å². The van der Waals surface area contributed by atoms with Crippen LogP contribution in [0.3, 0.4) is 0 Å². The third-order valence-corrected chi connectivity index (χ3v) is 2.07. The highest BCUT2D eigenvalue weighted by Gasteiger charge is 2.07. The van der Waals surface area contributed by atoms with Gasteiger partial charge in [-0.2, -0.15) is 5.10 Å². The van der Waals surface area contributed by atoms with E-state index < -0.39 is 0 Å². The number of aromatic nitrogens is 2. The number of hydrogen-bond acceptors (Lipinski definition) is 3. The molecule has 0 bridgehead atoms. The second-order valence-corrected chi connectivity index (χ2v) is 3.04. The van der Waals surface area contributed by atoms with Gasteiger partial charge in [-0.15, -0.1) is 0 Å². The van der Waals surface area contributed by atoms with Crippen LogP contribution in [0.25, 0.3) is 0 Å². The average molecular weight is 205 g/mol. The first-order chi connectivity index (χ1) is 6.29. The molecule has 0 atom stereocenters. The fourth-order valence-electron chi connectivity index (χ4n) is 1.11. The molecule has 0 aliphatic rings. The van der Waals surface area contributed by atoms with E-state index in [-0.39, 0.29) is 6.61 Å².